The van der Waals surface area contributed by atoms with Gasteiger partial charge in [0.05, 0.1) is 0 Å². The van der Waals surface area contributed by atoms with Crippen molar-refractivity contribution in [2.24, 2.45) is 0 Å². The van der Waals surface area contributed by atoms with Crippen molar-refractivity contribution in [3.63, 3.8) is 0 Å². The predicted octanol–water partition coefficient (Wildman–Crippen LogP) is 0.737. The topological polar surface area (TPSA) is 21.3 Å². The summed E-state index contributed by atoms with van der Waals surface area (Å²) in [5, 5.41) is 3.20. The lowest BCUT2D eigenvalue weighted by Crippen LogP contribution is -3.00. The van der Waals surface area contributed by atoms with Crippen molar-refractivity contribution in [3.8, 4) is 5.75 Å². The van der Waals surface area contributed by atoms with Gasteiger partial charge in [-0.15, -0.1) is 0 Å². The first-order valence-corrected chi connectivity index (χ1v) is 7.05. The number of nitrogens with one attached hydrogen (secondary N) is 1. The minimum absolute atomic E-state index is 0. The second-order valence-electron chi connectivity index (χ2n) is 4.95. The molecule has 0 unspecified atom stereocenters. The van der Waals surface area contributed by atoms with Gasteiger partial charge in [-0.3, -0.25) is 0 Å². The predicted molar refractivity (Wildman–Crippen MR) is 84.0 cm³/mol. The molecule has 2 aromatic carbocycles. The van der Waals surface area contributed by atoms with Crippen LogP contribution < -0.4 is 22.5 Å². The van der Waals surface area contributed by atoms with Crippen LogP contribution in [0, 0.1) is 0 Å². The summed E-state index contributed by atoms with van der Waals surface area (Å²) in [7, 11) is 1.98. The quantitative estimate of drug-likeness (QED) is 0.844. The molecule has 0 radical (unpaired) electrons. The Labute approximate surface area is 133 Å². The Hall–Kier alpha value is -1.77. The molecule has 0 amide bonds. The van der Waals surface area contributed by atoms with Crippen LogP contribution in [-0.4, -0.2) is 13.6 Å². The van der Waals surface area contributed by atoms with Gasteiger partial charge in [0.25, 0.3) is 0 Å². The molecule has 2 aromatic rings. The third-order valence-corrected chi connectivity index (χ3v) is 3.61. The minimum Gasteiger partial charge on any atom is -1.00 e. The van der Waals surface area contributed by atoms with Gasteiger partial charge in [-0.1, -0.05) is 48.5 Å². The summed E-state index contributed by atoms with van der Waals surface area (Å²) in [6.07, 6.45) is 3.32. The fourth-order valence-electron chi connectivity index (χ4n) is 2.61. The van der Waals surface area contributed by atoms with Crippen LogP contribution in [0.3, 0.4) is 0 Å². The van der Waals surface area contributed by atoms with Gasteiger partial charge in [-0.25, -0.2) is 0 Å². The van der Waals surface area contributed by atoms with Crippen molar-refractivity contribution in [1.82, 2.24) is 5.32 Å². The average Bonchev–Trinajstić information content (AvgIpc) is 2.66. The van der Waals surface area contributed by atoms with E-state index in [1.54, 1.807) is 0 Å². The van der Waals surface area contributed by atoms with E-state index in [1.165, 1.54) is 22.3 Å². The van der Waals surface area contributed by atoms with Gasteiger partial charge in [0, 0.05) is 5.56 Å². The van der Waals surface area contributed by atoms with E-state index < -0.39 is 0 Å². The van der Waals surface area contributed by atoms with Crippen molar-refractivity contribution >= 4 is 5.57 Å². The Bertz CT molecular complexity index is 593. The highest BCUT2D eigenvalue weighted by molar-refractivity contribution is 5.84. The van der Waals surface area contributed by atoms with E-state index in [-0.39, 0.29) is 13.8 Å². The molecule has 3 rings (SSSR count). The maximum absolute atomic E-state index is 5.96. The Kier molecular flexibility index (Phi) is 5.43. The van der Waals surface area contributed by atoms with Crippen molar-refractivity contribution < 1.29 is 18.6 Å². The second kappa shape index (κ2) is 7.30. The first-order chi connectivity index (χ1) is 9.90. The van der Waals surface area contributed by atoms with Crippen LogP contribution in [0.15, 0.2) is 54.6 Å². The van der Waals surface area contributed by atoms with E-state index in [4.69, 9.17) is 4.74 Å². The largest absolute Gasteiger partial charge is 1.00 e. The zero-order valence-corrected chi connectivity index (χ0v) is 12.9. The standard InChI is InChI=1S/C18H19NO.ClH/c1-19-12-6-10-16-15-8-3-2-7-14(15)13-20-18-11-5-4-9-17(16)18;/h2-5,7-11,19H,6,12-13H2,1H3;1H/b16-10-;. The molecule has 0 saturated carbocycles. The third kappa shape index (κ3) is 3.29. The summed E-state index contributed by atoms with van der Waals surface area (Å²) in [6.45, 7) is 1.62. The van der Waals surface area contributed by atoms with E-state index in [1.807, 2.05) is 19.2 Å². The van der Waals surface area contributed by atoms with Crippen molar-refractivity contribution in [3.05, 3.63) is 71.3 Å². The van der Waals surface area contributed by atoms with Crippen LogP contribution >= 0.6 is 0 Å². The molecular formula is C18H20ClNO. The fraction of sp³-hybridized carbons (Fsp3) is 0.222. The second-order valence-corrected chi connectivity index (χ2v) is 4.95. The average molecular weight is 302 g/mol. The number of para-hydroxylation sites is 1. The van der Waals surface area contributed by atoms with Crippen LogP contribution in [0.2, 0.25) is 0 Å². The molecule has 110 valence electrons. The SMILES string of the molecule is CNCC/C=C1/c2ccccc2COc2ccccc21.[Cl-].[H+]. The van der Waals surface area contributed by atoms with Gasteiger partial charge in [0.1, 0.15) is 12.4 Å². The normalized spacial score (nSPS) is 14.4. The summed E-state index contributed by atoms with van der Waals surface area (Å²) in [5.74, 6) is 0.972. The number of ether oxygens (including phenoxy) is 1. The lowest BCUT2D eigenvalue weighted by atomic mass is 9.93. The number of hydrogen-bond donors (Lipinski definition) is 1. The van der Waals surface area contributed by atoms with Crippen LogP contribution in [0.1, 0.15) is 24.5 Å². The molecule has 1 heterocycles. The molecule has 0 atom stereocenters. The Balaban J connectivity index is 0.00000121. The van der Waals surface area contributed by atoms with Crippen LogP contribution in [-0.2, 0) is 6.61 Å². The summed E-state index contributed by atoms with van der Waals surface area (Å²) >= 11 is 0. The highest BCUT2D eigenvalue weighted by Crippen LogP contribution is 2.36. The van der Waals surface area contributed by atoms with Crippen molar-refractivity contribution in [2.45, 2.75) is 13.0 Å². The first kappa shape index (κ1) is 15.6. The zero-order valence-electron chi connectivity index (χ0n) is 13.1. The molecule has 0 aliphatic carbocycles. The molecule has 2 nitrogen and oxygen atoms in total. The Morgan fingerprint density at radius 3 is 2.62 bits per heavy atom. The molecule has 1 aliphatic rings. The number of hydrogen-bond acceptors (Lipinski definition) is 2. The van der Waals surface area contributed by atoms with Gasteiger partial charge in [-0.05, 0) is 42.8 Å². The van der Waals surface area contributed by atoms with Gasteiger partial charge in [0.15, 0.2) is 0 Å². The van der Waals surface area contributed by atoms with E-state index >= 15 is 0 Å². The molecule has 21 heavy (non-hydrogen) atoms. The highest BCUT2D eigenvalue weighted by atomic mass is 35.5. The molecule has 1 N–H and O–H groups in total. The monoisotopic (exact) mass is 301 g/mol. The molecule has 0 aromatic heterocycles. The summed E-state index contributed by atoms with van der Waals surface area (Å²) < 4.78 is 5.96. The van der Waals surface area contributed by atoms with Gasteiger partial charge >= 0.3 is 1.43 Å². The highest BCUT2D eigenvalue weighted by Gasteiger charge is 2.17. The Morgan fingerprint density at radius 2 is 1.81 bits per heavy atom. The molecular weight excluding hydrogens is 282 g/mol. The number of fused-ring (bicyclic) bond motifs is 2. The first-order valence-electron chi connectivity index (χ1n) is 7.05. The smallest absolute Gasteiger partial charge is 1.00 e. The molecule has 0 saturated heterocycles. The van der Waals surface area contributed by atoms with Crippen molar-refractivity contribution in [2.75, 3.05) is 13.6 Å². The molecule has 0 bridgehead atoms. The van der Waals surface area contributed by atoms with E-state index in [9.17, 15) is 0 Å². The lowest BCUT2D eigenvalue weighted by molar-refractivity contribution is -0.00000434. The zero-order chi connectivity index (χ0) is 13.8. The van der Waals surface area contributed by atoms with Gasteiger partial charge in [-0.2, -0.15) is 0 Å². The van der Waals surface area contributed by atoms with Crippen LogP contribution in [0.5, 0.6) is 5.75 Å². The number of halogens is 1. The van der Waals surface area contributed by atoms with E-state index in [2.05, 4.69) is 47.8 Å². The van der Waals surface area contributed by atoms with Crippen molar-refractivity contribution in [1.29, 1.82) is 0 Å². The number of rotatable bonds is 3. The van der Waals surface area contributed by atoms with Gasteiger partial charge in [0.2, 0.25) is 0 Å². The van der Waals surface area contributed by atoms with Crippen LogP contribution in [0.4, 0.5) is 0 Å². The minimum atomic E-state index is 0. The third-order valence-electron chi connectivity index (χ3n) is 3.61. The maximum Gasteiger partial charge on any atom is 1.00 e. The van der Waals surface area contributed by atoms with Gasteiger partial charge < -0.3 is 22.5 Å². The van der Waals surface area contributed by atoms with E-state index in [0.29, 0.717) is 6.61 Å². The molecule has 0 fully saturated rings. The summed E-state index contributed by atoms with van der Waals surface area (Å²) in [5.41, 5.74) is 5.01. The maximum atomic E-state index is 5.96. The molecule has 0 spiro atoms. The fourth-order valence-corrected chi connectivity index (χ4v) is 2.61. The summed E-state index contributed by atoms with van der Waals surface area (Å²) in [6, 6.07) is 16.8. The van der Waals surface area contributed by atoms with E-state index in [0.717, 1.165) is 18.7 Å². The summed E-state index contributed by atoms with van der Waals surface area (Å²) in [4.78, 5) is 0. The lowest BCUT2D eigenvalue weighted by Gasteiger charge is -2.10. The molecule has 1 aliphatic heterocycles. The molecule has 3 heteroatoms. The van der Waals surface area contributed by atoms with Crippen LogP contribution in [0.25, 0.3) is 5.57 Å². The number of benzene rings is 2. The Morgan fingerprint density at radius 1 is 1.10 bits per heavy atom.